The van der Waals surface area contributed by atoms with Gasteiger partial charge < -0.3 is 24.8 Å². The fourth-order valence-electron chi connectivity index (χ4n) is 3.75. The van der Waals surface area contributed by atoms with E-state index in [1.807, 2.05) is 60.7 Å². The molecule has 0 heterocycles. The van der Waals surface area contributed by atoms with Gasteiger partial charge in [0.1, 0.15) is 9.52 Å². The van der Waals surface area contributed by atoms with Crippen molar-refractivity contribution < 1.29 is 51.0 Å². The second-order valence-corrected chi connectivity index (χ2v) is 9.51. The van der Waals surface area contributed by atoms with Crippen LogP contribution in [0.2, 0.25) is 0 Å². The molecule has 3 radical (unpaired) electrons. The Bertz CT molecular complexity index is 1340. The van der Waals surface area contributed by atoms with Crippen molar-refractivity contribution in [2.24, 2.45) is 0 Å². The molecule has 7 aromatic carbocycles. The molecule has 7 rings (SSSR count). The predicted octanol–water partition coefficient (Wildman–Crippen LogP) is 1.87. The molecule has 0 aromatic heterocycles. The topological polar surface area (TPSA) is 0 Å². The maximum atomic E-state index is 2.24. The van der Waals surface area contributed by atoms with Crippen LogP contribution in [-0.2, 0) is 26.2 Å². The fraction of sp³-hybridized carbons (Fsp3) is 0. The van der Waals surface area contributed by atoms with E-state index in [9.17, 15) is 0 Å². The van der Waals surface area contributed by atoms with Crippen LogP contribution in [0.25, 0.3) is 21.5 Å². The molecule has 0 saturated carbocycles. The van der Waals surface area contributed by atoms with Crippen molar-refractivity contribution >= 4 is 41.4 Å². The molecule has 0 aliphatic rings. The Labute approximate surface area is 266 Å². The first-order valence-electron chi connectivity index (χ1n) is 12.1. The zero-order chi connectivity index (χ0) is 24.7. The summed E-state index contributed by atoms with van der Waals surface area (Å²) in [5, 5.41) is 8.19. The van der Waals surface area contributed by atoms with Crippen LogP contribution in [0.5, 0.6) is 0 Å². The molecule has 0 unspecified atom stereocenters. The van der Waals surface area contributed by atoms with Crippen molar-refractivity contribution in [1.29, 1.82) is 0 Å². The molecule has 0 nitrogen and oxygen atoms in total. The van der Waals surface area contributed by atoms with Gasteiger partial charge >= 0.3 is 26.2 Å². The molecule has 0 bridgehead atoms. The number of rotatable bonds is 2. The quantitative estimate of drug-likeness (QED) is 0.200. The minimum Gasteiger partial charge on any atom is -1.00 e. The van der Waals surface area contributed by atoms with Crippen LogP contribution in [-0.4, -0.2) is 9.52 Å². The van der Waals surface area contributed by atoms with Gasteiger partial charge in [-0.05, 0) is 0 Å². The molecular formula is C35H29Cl2SiZr-2. The SMILES string of the molecule is [Cl-].[Cl-].[Zr+3].c1cc[cH-]c1.c1cc[cH-]c1.c1ccc([Si]c2ccccc2)cc1.c1ccc2c(c1)[cH-]c1ccccc12. The summed E-state index contributed by atoms with van der Waals surface area (Å²) in [7, 11) is 0.777. The van der Waals surface area contributed by atoms with E-state index in [1.54, 1.807) is 0 Å². The van der Waals surface area contributed by atoms with E-state index in [0.29, 0.717) is 0 Å². The van der Waals surface area contributed by atoms with E-state index in [-0.39, 0.29) is 51.0 Å². The van der Waals surface area contributed by atoms with Crippen LogP contribution in [0.4, 0.5) is 0 Å². The van der Waals surface area contributed by atoms with E-state index >= 15 is 0 Å². The van der Waals surface area contributed by atoms with Gasteiger partial charge in [0.05, 0.1) is 0 Å². The fourth-order valence-corrected chi connectivity index (χ4v) is 4.81. The molecule has 0 N–H and O–H groups in total. The van der Waals surface area contributed by atoms with Crippen molar-refractivity contribution in [1.82, 2.24) is 0 Å². The third-order valence-corrected chi connectivity index (χ3v) is 6.71. The second-order valence-electron chi connectivity index (χ2n) is 8.10. The zero-order valence-electron chi connectivity index (χ0n) is 21.5. The summed E-state index contributed by atoms with van der Waals surface area (Å²) in [5.41, 5.74) is 0. The van der Waals surface area contributed by atoms with Gasteiger partial charge in [0.15, 0.2) is 0 Å². The van der Waals surface area contributed by atoms with Gasteiger partial charge in [0.2, 0.25) is 0 Å². The minimum absolute atomic E-state index is 0. The molecule has 4 heteroatoms. The molecule has 0 fully saturated rings. The van der Waals surface area contributed by atoms with Gasteiger partial charge in [-0.2, -0.15) is 36.4 Å². The Balaban J connectivity index is 0.000000275. The average Bonchev–Trinajstić information content (AvgIpc) is 3.75. The first kappa shape index (κ1) is 34.2. The Morgan fingerprint density at radius 2 is 0.718 bits per heavy atom. The van der Waals surface area contributed by atoms with Crippen LogP contribution >= 0.6 is 0 Å². The standard InChI is InChI=1S/C13H9.C12H10Si.2C5H5.2ClH.Zr/c1-3-7-12-10(5-1)9-11-6-2-4-8-13(11)12;1-3-7-11(8-4-1)13-12-9-5-2-6-10-12;2*1-2-4-5-3-1;;;/h1-9H;1-10H;2*1-5H;2*1H;/q-1;;2*-1;;;+3/p-2. The second kappa shape index (κ2) is 20.1. The maximum Gasteiger partial charge on any atom is 3.00 e. The van der Waals surface area contributed by atoms with Gasteiger partial charge in [-0.1, -0.05) is 107 Å². The first-order valence-corrected chi connectivity index (χ1v) is 13.1. The summed E-state index contributed by atoms with van der Waals surface area (Å²) in [6, 6.07) is 60.4. The normalized spacial score (nSPS) is 9.03. The third-order valence-electron chi connectivity index (χ3n) is 5.47. The molecule has 0 spiro atoms. The van der Waals surface area contributed by atoms with Crippen LogP contribution in [0.1, 0.15) is 0 Å². The molecule has 0 atom stereocenters. The van der Waals surface area contributed by atoms with Crippen LogP contribution in [0.3, 0.4) is 0 Å². The monoisotopic (exact) mass is 637 g/mol. The van der Waals surface area contributed by atoms with Crippen molar-refractivity contribution in [2.45, 2.75) is 0 Å². The summed E-state index contributed by atoms with van der Waals surface area (Å²) in [6.07, 6.45) is 0. The zero-order valence-corrected chi connectivity index (χ0v) is 26.5. The van der Waals surface area contributed by atoms with Crippen LogP contribution in [0.15, 0.2) is 176 Å². The Morgan fingerprint density at radius 1 is 0.385 bits per heavy atom. The summed E-state index contributed by atoms with van der Waals surface area (Å²) >= 11 is 0. The van der Waals surface area contributed by atoms with E-state index in [0.717, 1.165) is 9.52 Å². The summed E-state index contributed by atoms with van der Waals surface area (Å²) in [5.74, 6) is 0. The maximum absolute atomic E-state index is 2.24. The van der Waals surface area contributed by atoms with Crippen molar-refractivity contribution in [3.8, 4) is 0 Å². The number of halogens is 2. The van der Waals surface area contributed by atoms with Gasteiger partial charge in [0.25, 0.3) is 0 Å². The van der Waals surface area contributed by atoms with Gasteiger partial charge in [-0.15, -0.1) is 39.7 Å². The van der Waals surface area contributed by atoms with Crippen LogP contribution in [0, 0.1) is 0 Å². The first-order chi connectivity index (χ1) is 17.9. The number of benzene rings is 4. The minimum atomic E-state index is 0. The van der Waals surface area contributed by atoms with E-state index in [2.05, 4.69) is 115 Å². The molecule has 0 aliphatic carbocycles. The van der Waals surface area contributed by atoms with Crippen LogP contribution < -0.4 is 35.2 Å². The van der Waals surface area contributed by atoms with Crippen molar-refractivity contribution in [3.63, 3.8) is 0 Å². The number of hydrogen-bond donors (Lipinski definition) is 0. The summed E-state index contributed by atoms with van der Waals surface area (Å²) in [4.78, 5) is 0. The van der Waals surface area contributed by atoms with E-state index in [4.69, 9.17) is 0 Å². The Hall–Kier alpha value is -2.87. The molecule has 39 heavy (non-hydrogen) atoms. The third kappa shape index (κ3) is 11.8. The Kier molecular flexibility index (Phi) is 17.6. The van der Waals surface area contributed by atoms with Gasteiger partial charge in [-0.25, -0.2) is 24.3 Å². The van der Waals surface area contributed by atoms with Crippen molar-refractivity contribution in [2.75, 3.05) is 0 Å². The molecule has 7 aromatic rings. The molecule has 193 valence electrons. The number of fused-ring (bicyclic) bond motifs is 3. The average molecular weight is 640 g/mol. The van der Waals surface area contributed by atoms with Gasteiger partial charge in [0, 0.05) is 0 Å². The summed E-state index contributed by atoms with van der Waals surface area (Å²) < 4.78 is 0. The molecular weight excluding hydrogens is 611 g/mol. The summed E-state index contributed by atoms with van der Waals surface area (Å²) in [6.45, 7) is 0. The molecule has 0 amide bonds. The smallest absolute Gasteiger partial charge is 1.00 e. The van der Waals surface area contributed by atoms with E-state index < -0.39 is 0 Å². The molecule has 0 aliphatic heterocycles. The predicted molar refractivity (Wildman–Crippen MR) is 159 cm³/mol. The number of hydrogen-bond acceptors (Lipinski definition) is 0. The van der Waals surface area contributed by atoms with Crippen molar-refractivity contribution in [3.05, 3.63) is 176 Å². The van der Waals surface area contributed by atoms with Gasteiger partial charge in [-0.3, -0.25) is 0 Å². The molecule has 0 saturated heterocycles. The van der Waals surface area contributed by atoms with E-state index in [1.165, 1.54) is 31.9 Å². The Morgan fingerprint density at radius 3 is 1.05 bits per heavy atom. The largest absolute Gasteiger partial charge is 3.00 e.